The van der Waals surface area contributed by atoms with Gasteiger partial charge in [-0.05, 0) is 64.9 Å². The number of benzene rings is 1. The Morgan fingerprint density at radius 1 is 1.09 bits per heavy atom. The number of rotatable bonds is 9. The van der Waals surface area contributed by atoms with Crippen LogP contribution in [0.4, 0.5) is 0 Å². The van der Waals surface area contributed by atoms with Crippen LogP contribution in [-0.4, -0.2) is 42.1 Å². The fourth-order valence-electron chi connectivity index (χ4n) is 5.06. The average molecular weight is 445 g/mol. The van der Waals surface area contributed by atoms with Crippen molar-refractivity contribution in [3.05, 3.63) is 48.6 Å². The first kappa shape index (κ1) is 24.9. The Morgan fingerprint density at radius 3 is 2.28 bits per heavy atom. The predicted octanol–water partition coefficient (Wildman–Crippen LogP) is 5.06. The minimum atomic E-state index is -0.529. The van der Waals surface area contributed by atoms with Gasteiger partial charge in [-0.25, -0.2) is 0 Å². The lowest BCUT2D eigenvalue weighted by Crippen LogP contribution is -2.39. The monoisotopic (exact) mass is 444 g/mol. The van der Waals surface area contributed by atoms with Crippen molar-refractivity contribution in [1.82, 2.24) is 0 Å². The Hall–Kier alpha value is -1.69. The normalized spacial score (nSPS) is 30.8. The largest absolute Gasteiger partial charge is 0.460 e. The van der Waals surface area contributed by atoms with E-state index in [1.54, 1.807) is 0 Å². The molecule has 3 unspecified atom stereocenters. The Labute approximate surface area is 193 Å². The molecule has 0 bridgehead atoms. The molecule has 5 heteroatoms. The molecular formula is C27H40O5. The summed E-state index contributed by atoms with van der Waals surface area (Å²) in [7, 11) is 0. The van der Waals surface area contributed by atoms with Gasteiger partial charge in [-0.15, -0.1) is 6.58 Å². The van der Waals surface area contributed by atoms with Crippen LogP contribution >= 0.6 is 0 Å². The molecule has 0 heterocycles. The summed E-state index contributed by atoms with van der Waals surface area (Å²) in [5.41, 5.74) is 0.182. The van der Waals surface area contributed by atoms with Gasteiger partial charge in [0.15, 0.2) is 0 Å². The molecular weight excluding hydrogens is 404 g/mol. The SMILES string of the molecule is C=CC1(CO)CCC(C(=O)OC(C)(C)C)C1COC1CCC(OCc2ccccc2)CC1. The van der Waals surface area contributed by atoms with Gasteiger partial charge in [0.05, 0.1) is 37.9 Å². The number of hydrogen-bond donors (Lipinski definition) is 1. The van der Waals surface area contributed by atoms with Gasteiger partial charge in [0, 0.05) is 11.3 Å². The second-order valence-electron chi connectivity index (χ2n) is 10.4. The molecule has 1 aromatic carbocycles. The van der Waals surface area contributed by atoms with E-state index in [-0.39, 0.29) is 36.6 Å². The van der Waals surface area contributed by atoms with E-state index in [1.807, 2.05) is 45.0 Å². The molecule has 0 radical (unpaired) electrons. The van der Waals surface area contributed by atoms with E-state index >= 15 is 0 Å². The van der Waals surface area contributed by atoms with Gasteiger partial charge >= 0.3 is 5.97 Å². The summed E-state index contributed by atoms with van der Waals surface area (Å²) in [5, 5.41) is 10.1. The van der Waals surface area contributed by atoms with Crippen molar-refractivity contribution in [1.29, 1.82) is 0 Å². The van der Waals surface area contributed by atoms with Gasteiger partial charge in [-0.3, -0.25) is 4.79 Å². The van der Waals surface area contributed by atoms with Crippen LogP contribution in [0.2, 0.25) is 0 Å². The number of aliphatic hydroxyl groups excluding tert-OH is 1. The lowest BCUT2D eigenvalue weighted by atomic mass is 9.76. The van der Waals surface area contributed by atoms with Crippen LogP contribution in [-0.2, 0) is 25.6 Å². The maximum atomic E-state index is 12.9. The zero-order chi connectivity index (χ0) is 23.2. The topological polar surface area (TPSA) is 65.0 Å². The molecule has 2 saturated carbocycles. The Kier molecular flexibility index (Phi) is 8.54. The van der Waals surface area contributed by atoms with Gasteiger partial charge in [0.2, 0.25) is 0 Å². The van der Waals surface area contributed by atoms with Crippen molar-refractivity contribution in [3.63, 3.8) is 0 Å². The van der Waals surface area contributed by atoms with Crippen LogP contribution in [0.25, 0.3) is 0 Å². The highest BCUT2D eigenvalue weighted by atomic mass is 16.6. The lowest BCUT2D eigenvalue weighted by Gasteiger charge is -2.35. The van der Waals surface area contributed by atoms with E-state index in [4.69, 9.17) is 14.2 Å². The Morgan fingerprint density at radius 2 is 1.72 bits per heavy atom. The van der Waals surface area contributed by atoms with Crippen LogP contribution in [0, 0.1) is 17.3 Å². The summed E-state index contributed by atoms with van der Waals surface area (Å²) in [6.07, 6.45) is 7.51. The molecule has 0 saturated heterocycles. The predicted molar refractivity (Wildman–Crippen MR) is 125 cm³/mol. The van der Waals surface area contributed by atoms with Crippen LogP contribution < -0.4 is 0 Å². The fourth-order valence-corrected chi connectivity index (χ4v) is 5.06. The smallest absolute Gasteiger partial charge is 0.309 e. The molecule has 32 heavy (non-hydrogen) atoms. The van der Waals surface area contributed by atoms with Gasteiger partial charge in [-0.2, -0.15) is 0 Å². The van der Waals surface area contributed by atoms with Crippen molar-refractivity contribution in [2.45, 2.75) is 83.7 Å². The van der Waals surface area contributed by atoms with E-state index in [0.717, 1.165) is 32.1 Å². The molecule has 1 N–H and O–H groups in total. The minimum absolute atomic E-state index is 0.0239. The molecule has 0 aromatic heterocycles. The summed E-state index contributed by atoms with van der Waals surface area (Å²) in [4.78, 5) is 12.9. The van der Waals surface area contributed by atoms with Crippen molar-refractivity contribution < 1.29 is 24.1 Å². The summed E-state index contributed by atoms with van der Waals surface area (Å²) < 4.78 is 18.1. The minimum Gasteiger partial charge on any atom is -0.460 e. The number of ether oxygens (including phenoxy) is 3. The van der Waals surface area contributed by atoms with E-state index in [1.165, 1.54) is 5.56 Å². The molecule has 0 amide bonds. The molecule has 178 valence electrons. The maximum Gasteiger partial charge on any atom is 0.309 e. The van der Waals surface area contributed by atoms with E-state index < -0.39 is 11.0 Å². The van der Waals surface area contributed by atoms with Gasteiger partial charge in [-0.1, -0.05) is 36.4 Å². The van der Waals surface area contributed by atoms with Crippen LogP contribution in [0.5, 0.6) is 0 Å². The summed E-state index contributed by atoms with van der Waals surface area (Å²) in [5.74, 6) is -0.585. The van der Waals surface area contributed by atoms with Gasteiger partial charge in [0.1, 0.15) is 5.60 Å². The van der Waals surface area contributed by atoms with E-state index in [0.29, 0.717) is 19.6 Å². The van der Waals surface area contributed by atoms with Crippen molar-refractivity contribution in [2.75, 3.05) is 13.2 Å². The van der Waals surface area contributed by atoms with E-state index in [2.05, 4.69) is 18.7 Å². The highest BCUT2D eigenvalue weighted by Crippen LogP contribution is 2.49. The number of aliphatic hydroxyl groups is 1. The number of carbonyl (C=O) groups is 1. The number of carbonyl (C=O) groups excluding carboxylic acids is 1. The van der Waals surface area contributed by atoms with Crippen LogP contribution in [0.1, 0.15) is 64.9 Å². The molecule has 2 aliphatic carbocycles. The number of hydrogen-bond acceptors (Lipinski definition) is 5. The highest BCUT2D eigenvalue weighted by molar-refractivity contribution is 5.74. The van der Waals surface area contributed by atoms with Crippen molar-refractivity contribution in [3.8, 4) is 0 Å². The third-order valence-electron chi connectivity index (χ3n) is 7.02. The second-order valence-corrected chi connectivity index (χ2v) is 10.4. The number of esters is 1. The van der Waals surface area contributed by atoms with Crippen LogP contribution in [0.3, 0.4) is 0 Å². The molecule has 3 rings (SSSR count). The first-order chi connectivity index (χ1) is 15.3. The zero-order valence-corrected chi connectivity index (χ0v) is 19.9. The van der Waals surface area contributed by atoms with Crippen molar-refractivity contribution in [2.24, 2.45) is 17.3 Å². The highest BCUT2D eigenvalue weighted by Gasteiger charge is 2.50. The second kappa shape index (κ2) is 11.0. The van der Waals surface area contributed by atoms with E-state index in [9.17, 15) is 9.90 Å². The third-order valence-corrected chi connectivity index (χ3v) is 7.02. The first-order valence-corrected chi connectivity index (χ1v) is 12.0. The maximum absolute atomic E-state index is 12.9. The summed E-state index contributed by atoms with van der Waals surface area (Å²) in [6.45, 7) is 10.7. The molecule has 0 spiro atoms. The Bertz CT molecular complexity index is 732. The molecule has 2 aliphatic rings. The quantitative estimate of drug-likeness (QED) is 0.426. The molecule has 3 atom stereocenters. The average Bonchev–Trinajstić information content (AvgIpc) is 3.15. The lowest BCUT2D eigenvalue weighted by molar-refractivity contribution is -0.163. The summed E-state index contributed by atoms with van der Waals surface area (Å²) >= 11 is 0. The zero-order valence-electron chi connectivity index (χ0n) is 19.9. The fraction of sp³-hybridized carbons (Fsp3) is 0.667. The van der Waals surface area contributed by atoms with Gasteiger partial charge < -0.3 is 19.3 Å². The summed E-state index contributed by atoms with van der Waals surface area (Å²) in [6, 6.07) is 10.3. The molecule has 2 fully saturated rings. The van der Waals surface area contributed by atoms with Gasteiger partial charge in [0.25, 0.3) is 0 Å². The van der Waals surface area contributed by atoms with Crippen molar-refractivity contribution >= 4 is 5.97 Å². The third kappa shape index (κ3) is 6.43. The molecule has 0 aliphatic heterocycles. The molecule has 5 nitrogen and oxygen atoms in total. The first-order valence-electron chi connectivity index (χ1n) is 12.0. The molecule has 1 aromatic rings. The standard InChI is InChI=1S/C27H40O5/c1-5-27(19-28)16-15-23(25(29)32-26(2,3)4)24(27)18-31-22-13-11-21(12-14-22)30-17-20-9-7-6-8-10-20/h5-10,21-24,28H,1,11-19H2,2-4H3. The Balaban J connectivity index is 1.51. The van der Waals surface area contributed by atoms with Crippen LogP contribution in [0.15, 0.2) is 43.0 Å².